The van der Waals surface area contributed by atoms with Gasteiger partial charge in [-0.05, 0) is 65.7 Å². The molecule has 1 N–H and O–H groups in total. The van der Waals surface area contributed by atoms with E-state index >= 15 is 0 Å². The summed E-state index contributed by atoms with van der Waals surface area (Å²) in [5.41, 5.74) is 2.92. The second-order valence-electron chi connectivity index (χ2n) is 5.94. The monoisotopic (exact) mass is 287 g/mol. The highest BCUT2D eigenvalue weighted by Gasteiger charge is 2.11. The van der Waals surface area contributed by atoms with Gasteiger partial charge in [0.25, 0.3) is 0 Å². The van der Waals surface area contributed by atoms with Crippen LogP contribution in [0.1, 0.15) is 25.0 Å². The number of nitrogens with one attached hydrogen (secondary N) is 1. The van der Waals surface area contributed by atoms with Crippen LogP contribution in [0.5, 0.6) is 0 Å². The molecule has 2 heteroatoms. The summed E-state index contributed by atoms with van der Waals surface area (Å²) in [4.78, 5) is 0. The average molecular weight is 287 g/mol. The summed E-state index contributed by atoms with van der Waals surface area (Å²) in [6, 6.07) is 13.1. The van der Waals surface area contributed by atoms with Crippen molar-refractivity contribution in [3.05, 3.63) is 58.3 Å². The van der Waals surface area contributed by atoms with E-state index in [-0.39, 0.29) is 0 Å². The molecule has 0 bridgehead atoms. The van der Waals surface area contributed by atoms with Crippen LogP contribution in [0.2, 0.25) is 0 Å². The highest BCUT2D eigenvalue weighted by atomic mass is 32.1. The van der Waals surface area contributed by atoms with Gasteiger partial charge in [-0.2, -0.15) is 11.3 Å². The molecule has 0 aliphatic heterocycles. The standard InChI is InChI=1S/C18H25NS/c1-15(2)12-19-13-18(11-17-8-9-20-14-17)10-16-6-4-3-5-7-16/h3-9,14-15,18-19H,10-13H2,1-2H3. The summed E-state index contributed by atoms with van der Waals surface area (Å²) >= 11 is 1.80. The van der Waals surface area contributed by atoms with Gasteiger partial charge >= 0.3 is 0 Å². The molecule has 0 fully saturated rings. The van der Waals surface area contributed by atoms with E-state index in [0.717, 1.165) is 19.5 Å². The van der Waals surface area contributed by atoms with Gasteiger partial charge in [0.2, 0.25) is 0 Å². The van der Waals surface area contributed by atoms with Gasteiger partial charge in [-0.15, -0.1) is 0 Å². The number of rotatable bonds is 8. The molecule has 1 atom stereocenters. The molecule has 1 nitrogen and oxygen atoms in total. The van der Waals surface area contributed by atoms with Crippen LogP contribution in [0.4, 0.5) is 0 Å². The van der Waals surface area contributed by atoms with Gasteiger partial charge in [0.1, 0.15) is 0 Å². The minimum atomic E-state index is 0.672. The van der Waals surface area contributed by atoms with Crippen LogP contribution >= 0.6 is 11.3 Å². The van der Waals surface area contributed by atoms with Crippen LogP contribution in [0.3, 0.4) is 0 Å². The average Bonchev–Trinajstić information content (AvgIpc) is 2.92. The molecule has 1 aromatic carbocycles. The first kappa shape index (κ1) is 15.3. The van der Waals surface area contributed by atoms with E-state index in [1.807, 2.05) is 0 Å². The second kappa shape index (κ2) is 8.23. The molecule has 1 unspecified atom stereocenters. The largest absolute Gasteiger partial charge is 0.316 e. The first-order valence-corrected chi connectivity index (χ1v) is 8.44. The van der Waals surface area contributed by atoms with Crippen molar-refractivity contribution in [2.75, 3.05) is 13.1 Å². The summed E-state index contributed by atoms with van der Waals surface area (Å²) < 4.78 is 0. The van der Waals surface area contributed by atoms with Crippen molar-refractivity contribution < 1.29 is 0 Å². The molecule has 0 aliphatic rings. The van der Waals surface area contributed by atoms with E-state index in [1.165, 1.54) is 17.5 Å². The molecule has 0 aliphatic carbocycles. The molecule has 2 rings (SSSR count). The predicted octanol–water partition coefficient (Wildman–Crippen LogP) is 4.40. The number of hydrogen-bond donors (Lipinski definition) is 1. The summed E-state index contributed by atoms with van der Waals surface area (Å²) in [6.45, 7) is 6.73. The quantitative estimate of drug-likeness (QED) is 0.759. The molecular weight excluding hydrogens is 262 g/mol. The zero-order valence-electron chi connectivity index (χ0n) is 12.5. The summed E-state index contributed by atoms with van der Waals surface area (Å²) in [6.07, 6.45) is 2.32. The first-order valence-electron chi connectivity index (χ1n) is 7.49. The summed E-state index contributed by atoms with van der Waals surface area (Å²) in [7, 11) is 0. The van der Waals surface area contributed by atoms with Crippen molar-refractivity contribution in [1.82, 2.24) is 5.32 Å². The Hall–Kier alpha value is -1.12. The molecule has 0 amide bonds. The maximum Gasteiger partial charge on any atom is -0.00140 e. The Labute approximate surface area is 127 Å². The van der Waals surface area contributed by atoms with Crippen molar-refractivity contribution in [3.8, 4) is 0 Å². The smallest absolute Gasteiger partial charge is 0.00140 e. The van der Waals surface area contributed by atoms with Crippen LogP contribution in [-0.2, 0) is 12.8 Å². The van der Waals surface area contributed by atoms with Crippen molar-refractivity contribution in [3.63, 3.8) is 0 Å². The van der Waals surface area contributed by atoms with Crippen molar-refractivity contribution in [2.24, 2.45) is 11.8 Å². The third-order valence-corrected chi connectivity index (χ3v) is 4.19. The maximum atomic E-state index is 3.62. The van der Waals surface area contributed by atoms with Gasteiger partial charge in [-0.3, -0.25) is 0 Å². The first-order chi connectivity index (χ1) is 9.74. The molecule has 2 aromatic rings. The Morgan fingerprint density at radius 3 is 2.35 bits per heavy atom. The normalized spacial score (nSPS) is 12.8. The third-order valence-electron chi connectivity index (χ3n) is 3.46. The molecule has 0 radical (unpaired) electrons. The van der Waals surface area contributed by atoms with Crippen LogP contribution in [0, 0.1) is 11.8 Å². The highest BCUT2D eigenvalue weighted by molar-refractivity contribution is 7.07. The molecule has 1 aromatic heterocycles. The van der Waals surface area contributed by atoms with Crippen LogP contribution in [-0.4, -0.2) is 13.1 Å². The van der Waals surface area contributed by atoms with E-state index in [9.17, 15) is 0 Å². The molecule has 0 saturated carbocycles. The fourth-order valence-corrected chi connectivity index (χ4v) is 3.16. The van der Waals surface area contributed by atoms with Crippen LogP contribution < -0.4 is 5.32 Å². The third kappa shape index (κ3) is 5.48. The van der Waals surface area contributed by atoms with E-state index in [1.54, 1.807) is 11.3 Å². The fraction of sp³-hybridized carbons (Fsp3) is 0.444. The van der Waals surface area contributed by atoms with Crippen LogP contribution in [0.15, 0.2) is 47.2 Å². The lowest BCUT2D eigenvalue weighted by Crippen LogP contribution is -2.28. The lowest BCUT2D eigenvalue weighted by Gasteiger charge is -2.18. The lowest BCUT2D eigenvalue weighted by atomic mass is 9.93. The second-order valence-corrected chi connectivity index (χ2v) is 6.72. The van der Waals surface area contributed by atoms with Gasteiger partial charge in [0.05, 0.1) is 0 Å². The summed E-state index contributed by atoms with van der Waals surface area (Å²) in [5, 5.41) is 8.08. The van der Waals surface area contributed by atoms with Crippen molar-refractivity contribution in [2.45, 2.75) is 26.7 Å². The Morgan fingerprint density at radius 1 is 0.950 bits per heavy atom. The number of hydrogen-bond acceptors (Lipinski definition) is 2. The Bertz CT molecular complexity index is 461. The zero-order valence-corrected chi connectivity index (χ0v) is 13.3. The minimum Gasteiger partial charge on any atom is -0.316 e. The molecule has 20 heavy (non-hydrogen) atoms. The topological polar surface area (TPSA) is 12.0 Å². The zero-order chi connectivity index (χ0) is 14.2. The Morgan fingerprint density at radius 2 is 1.70 bits per heavy atom. The number of benzene rings is 1. The summed E-state index contributed by atoms with van der Waals surface area (Å²) in [5.74, 6) is 1.39. The van der Waals surface area contributed by atoms with E-state index in [2.05, 4.69) is 66.3 Å². The molecule has 0 saturated heterocycles. The molecule has 0 spiro atoms. The number of thiophene rings is 1. The van der Waals surface area contributed by atoms with Crippen LogP contribution in [0.25, 0.3) is 0 Å². The SMILES string of the molecule is CC(C)CNCC(Cc1ccccc1)Cc1ccsc1. The van der Waals surface area contributed by atoms with E-state index in [0.29, 0.717) is 11.8 Å². The highest BCUT2D eigenvalue weighted by Crippen LogP contribution is 2.16. The molecule has 108 valence electrons. The van der Waals surface area contributed by atoms with Gasteiger partial charge in [0, 0.05) is 0 Å². The Balaban J connectivity index is 1.92. The maximum absolute atomic E-state index is 3.62. The lowest BCUT2D eigenvalue weighted by molar-refractivity contribution is 0.445. The molecular formula is C18H25NS. The van der Waals surface area contributed by atoms with Gasteiger partial charge in [-0.25, -0.2) is 0 Å². The van der Waals surface area contributed by atoms with E-state index in [4.69, 9.17) is 0 Å². The van der Waals surface area contributed by atoms with Crippen molar-refractivity contribution in [1.29, 1.82) is 0 Å². The van der Waals surface area contributed by atoms with Crippen molar-refractivity contribution >= 4 is 11.3 Å². The molecule has 1 heterocycles. The predicted molar refractivity (Wildman–Crippen MR) is 89.4 cm³/mol. The van der Waals surface area contributed by atoms with Gasteiger partial charge in [0.15, 0.2) is 0 Å². The van der Waals surface area contributed by atoms with E-state index < -0.39 is 0 Å². The van der Waals surface area contributed by atoms with Gasteiger partial charge in [-0.1, -0.05) is 44.2 Å². The fourth-order valence-electron chi connectivity index (χ4n) is 2.48. The Kier molecular flexibility index (Phi) is 6.28. The van der Waals surface area contributed by atoms with Gasteiger partial charge < -0.3 is 5.32 Å². The minimum absolute atomic E-state index is 0.672.